The van der Waals surface area contributed by atoms with E-state index in [2.05, 4.69) is 0 Å². The van der Waals surface area contributed by atoms with Gasteiger partial charge in [0.1, 0.15) is 6.54 Å². The molecule has 0 aliphatic rings. The lowest BCUT2D eigenvalue weighted by atomic mass is 10.2. The lowest BCUT2D eigenvalue weighted by molar-refractivity contribution is -0.137. The minimum Gasteiger partial charge on any atom is -0.480 e. The molecule has 1 aromatic rings. The molecule has 6 nitrogen and oxygen atoms in total. The van der Waals surface area contributed by atoms with Crippen molar-refractivity contribution < 1.29 is 23.1 Å². The summed E-state index contributed by atoms with van der Waals surface area (Å²) in [5.41, 5.74) is 0.0670. The van der Waals surface area contributed by atoms with Crippen molar-refractivity contribution in [3.63, 3.8) is 0 Å². The van der Waals surface area contributed by atoms with E-state index in [0.717, 1.165) is 11.0 Å². The minimum absolute atomic E-state index is 0.0172. The monoisotopic (exact) mass is 291 g/mol. The van der Waals surface area contributed by atoms with E-state index < -0.39 is 29.1 Å². The zero-order chi connectivity index (χ0) is 13.9. The number of carbonyl (C=O) groups is 2. The summed E-state index contributed by atoms with van der Waals surface area (Å²) in [6.07, 6.45) is 0. The Hall–Kier alpha value is -1.60. The summed E-state index contributed by atoms with van der Waals surface area (Å²) >= 11 is 5.66. The van der Waals surface area contributed by atoms with Crippen molar-refractivity contribution in [2.45, 2.75) is 4.90 Å². The smallest absolute Gasteiger partial charge is 0.323 e. The van der Waals surface area contributed by atoms with Crippen LogP contribution in [-0.2, 0) is 15.5 Å². The summed E-state index contributed by atoms with van der Waals surface area (Å²) < 4.78 is 21.8. The van der Waals surface area contributed by atoms with Crippen molar-refractivity contribution in [2.24, 2.45) is 0 Å². The first-order valence-corrected chi connectivity index (χ1v) is 6.29. The number of hydrogen-bond donors (Lipinski definition) is 2. The first-order chi connectivity index (χ1) is 8.32. The summed E-state index contributed by atoms with van der Waals surface area (Å²) in [6, 6.07) is 3.74. The standard InChI is InChI=1S/C10H10ClNO5S/c1-12(5-9(13)14)10(15)6-2-3-7(11)8(4-6)18(16)17/h2-4,18H,5H2,1H3,(H,13,14). The lowest BCUT2D eigenvalue weighted by Crippen LogP contribution is -2.31. The highest BCUT2D eigenvalue weighted by atomic mass is 35.5. The van der Waals surface area contributed by atoms with Crippen LogP contribution in [0.4, 0.5) is 0 Å². The molecule has 0 atom stereocenters. The molecule has 0 aliphatic carbocycles. The number of thiol groups is 1. The van der Waals surface area contributed by atoms with E-state index in [1.54, 1.807) is 0 Å². The van der Waals surface area contributed by atoms with Crippen molar-refractivity contribution >= 4 is 34.2 Å². The molecule has 1 aromatic carbocycles. The van der Waals surface area contributed by atoms with Gasteiger partial charge in [0.2, 0.25) is 0 Å². The normalized spacial score (nSPS) is 10.4. The van der Waals surface area contributed by atoms with Crippen LogP contribution in [0.25, 0.3) is 0 Å². The number of carboxylic acids is 1. The molecular formula is C10H10ClNO5S. The van der Waals surface area contributed by atoms with Gasteiger partial charge in [0.25, 0.3) is 5.91 Å². The maximum absolute atomic E-state index is 11.8. The molecule has 8 heteroatoms. The van der Waals surface area contributed by atoms with Crippen molar-refractivity contribution in [3.8, 4) is 0 Å². The third-order valence-electron chi connectivity index (χ3n) is 2.11. The van der Waals surface area contributed by atoms with Crippen molar-refractivity contribution in [1.29, 1.82) is 0 Å². The van der Waals surface area contributed by atoms with Crippen molar-refractivity contribution in [1.82, 2.24) is 4.90 Å². The van der Waals surface area contributed by atoms with Crippen LogP contribution >= 0.6 is 11.6 Å². The molecule has 0 fully saturated rings. The Labute approximate surface area is 110 Å². The number of nitrogens with zero attached hydrogens (tertiary/aromatic N) is 1. The quantitative estimate of drug-likeness (QED) is 0.787. The van der Waals surface area contributed by atoms with E-state index >= 15 is 0 Å². The molecule has 0 saturated heterocycles. The highest BCUT2D eigenvalue weighted by Crippen LogP contribution is 2.19. The van der Waals surface area contributed by atoms with Gasteiger partial charge in [0.05, 0.1) is 9.92 Å². The third-order valence-corrected chi connectivity index (χ3v) is 3.33. The van der Waals surface area contributed by atoms with Gasteiger partial charge in [-0.25, -0.2) is 8.42 Å². The maximum atomic E-state index is 11.8. The van der Waals surface area contributed by atoms with Crippen LogP contribution < -0.4 is 0 Å². The molecule has 1 rings (SSSR count). The van der Waals surface area contributed by atoms with Crippen LogP contribution in [0.1, 0.15) is 10.4 Å². The van der Waals surface area contributed by atoms with Gasteiger partial charge in [0, 0.05) is 12.6 Å². The molecule has 0 bridgehead atoms. The van der Waals surface area contributed by atoms with E-state index in [1.165, 1.54) is 19.2 Å². The number of amides is 1. The molecule has 18 heavy (non-hydrogen) atoms. The molecular weight excluding hydrogens is 282 g/mol. The Morgan fingerprint density at radius 2 is 2.00 bits per heavy atom. The Morgan fingerprint density at radius 1 is 1.39 bits per heavy atom. The Morgan fingerprint density at radius 3 is 2.50 bits per heavy atom. The second-order valence-electron chi connectivity index (χ2n) is 3.48. The Bertz CT molecular complexity index is 561. The Balaban J connectivity index is 3.07. The number of benzene rings is 1. The van der Waals surface area contributed by atoms with Crippen LogP contribution in [0.5, 0.6) is 0 Å². The van der Waals surface area contributed by atoms with Crippen LogP contribution in [0, 0.1) is 0 Å². The Kier molecular flexibility index (Phi) is 4.69. The molecule has 0 aliphatic heterocycles. The average molecular weight is 292 g/mol. The molecule has 0 aromatic heterocycles. The molecule has 0 spiro atoms. The predicted molar refractivity (Wildman–Crippen MR) is 64.6 cm³/mol. The summed E-state index contributed by atoms with van der Waals surface area (Å²) in [4.78, 5) is 23.1. The number of hydrogen-bond acceptors (Lipinski definition) is 4. The van der Waals surface area contributed by atoms with Gasteiger partial charge < -0.3 is 10.0 Å². The zero-order valence-corrected chi connectivity index (χ0v) is 10.9. The van der Waals surface area contributed by atoms with Gasteiger partial charge in [0.15, 0.2) is 10.7 Å². The summed E-state index contributed by atoms with van der Waals surface area (Å²) in [7, 11) is -1.60. The zero-order valence-electron chi connectivity index (χ0n) is 9.29. The van der Waals surface area contributed by atoms with Crippen molar-refractivity contribution in [2.75, 3.05) is 13.6 Å². The fourth-order valence-corrected chi connectivity index (χ4v) is 2.10. The van der Waals surface area contributed by atoms with E-state index in [9.17, 15) is 18.0 Å². The first kappa shape index (κ1) is 14.5. The molecule has 98 valence electrons. The number of halogens is 1. The highest BCUT2D eigenvalue weighted by molar-refractivity contribution is 7.72. The third kappa shape index (κ3) is 3.44. The van der Waals surface area contributed by atoms with Gasteiger partial charge in [-0.15, -0.1) is 0 Å². The van der Waals surface area contributed by atoms with Gasteiger partial charge in [-0.3, -0.25) is 9.59 Å². The average Bonchev–Trinajstić information content (AvgIpc) is 2.27. The fourth-order valence-electron chi connectivity index (χ4n) is 1.28. The molecule has 0 unspecified atom stereocenters. The predicted octanol–water partition coefficient (Wildman–Crippen LogP) is 0.467. The molecule has 1 N–H and O–H groups in total. The number of carbonyl (C=O) groups excluding carboxylic acids is 1. The first-order valence-electron chi connectivity index (χ1n) is 4.74. The summed E-state index contributed by atoms with van der Waals surface area (Å²) in [5.74, 6) is -1.75. The van der Waals surface area contributed by atoms with Gasteiger partial charge in [-0.05, 0) is 18.2 Å². The summed E-state index contributed by atoms with van der Waals surface area (Å²) in [5, 5.41) is 8.57. The van der Waals surface area contributed by atoms with Gasteiger partial charge in [-0.2, -0.15) is 0 Å². The van der Waals surface area contributed by atoms with Gasteiger partial charge in [-0.1, -0.05) is 11.6 Å². The largest absolute Gasteiger partial charge is 0.480 e. The number of rotatable bonds is 4. The molecule has 0 saturated carbocycles. The fraction of sp³-hybridized carbons (Fsp3) is 0.200. The maximum Gasteiger partial charge on any atom is 0.323 e. The van der Waals surface area contributed by atoms with Crippen molar-refractivity contribution in [3.05, 3.63) is 28.8 Å². The SMILES string of the molecule is CN(CC(=O)O)C(=O)c1ccc(Cl)c([SH](=O)=O)c1. The lowest BCUT2D eigenvalue weighted by Gasteiger charge is -2.14. The van der Waals surface area contributed by atoms with E-state index in [0.29, 0.717) is 0 Å². The van der Waals surface area contributed by atoms with Gasteiger partial charge >= 0.3 is 5.97 Å². The summed E-state index contributed by atoms with van der Waals surface area (Å²) in [6.45, 7) is -0.472. The van der Waals surface area contributed by atoms with E-state index in [-0.39, 0.29) is 15.5 Å². The number of carboxylic acid groups (broad SMARTS) is 1. The van der Waals surface area contributed by atoms with Crippen LogP contribution in [0.3, 0.4) is 0 Å². The van der Waals surface area contributed by atoms with Crippen LogP contribution in [0.15, 0.2) is 23.1 Å². The van der Waals surface area contributed by atoms with E-state index in [4.69, 9.17) is 16.7 Å². The highest BCUT2D eigenvalue weighted by Gasteiger charge is 2.16. The van der Waals surface area contributed by atoms with Crippen LogP contribution in [-0.4, -0.2) is 43.9 Å². The second kappa shape index (κ2) is 5.83. The molecule has 0 heterocycles. The molecule has 0 radical (unpaired) electrons. The number of aliphatic carboxylic acids is 1. The van der Waals surface area contributed by atoms with Crippen LogP contribution in [0.2, 0.25) is 5.02 Å². The van der Waals surface area contributed by atoms with E-state index in [1.807, 2.05) is 0 Å². The molecule has 1 amide bonds. The topological polar surface area (TPSA) is 91.8 Å². The minimum atomic E-state index is -2.91. The second-order valence-corrected chi connectivity index (χ2v) is 4.88. The number of likely N-dealkylation sites (N-methyl/N-ethyl adjacent to an activating group) is 1.